The summed E-state index contributed by atoms with van der Waals surface area (Å²) < 4.78 is 90.0. The number of hydrogen-bond donors (Lipinski definition) is 4. The lowest BCUT2D eigenvalue weighted by molar-refractivity contribution is -0.143. The van der Waals surface area contributed by atoms with Crippen LogP contribution in [0.15, 0.2) is 72.9 Å². The van der Waals surface area contributed by atoms with Crippen LogP contribution in [-0.4, -0.2) is 83.5 Å². The van der Waals surface area contributed by atoms with Gasteiger partial charge in [-0.25, -0.2) is 14.6 Å². The van der Waals surface area contributed by atoms with Crippen molar-refractivity contribution in [3.8, 4) is 0 Å². The molecule has 1 saturated heterocycles. The number of pyridine rings is 1. The molecule has 0 spiro atoms. The van der Waals surface area contributed by atoms with Crippen LogP contribution in [0, 0.1) is 0 Å². The quantitative estimate of drug-likeness (QED) is 0.138. The summed E-state index contributed by atoms with van der Waals surface area (Å²) in [5.74, 6) is -3.61. The molecule has 1 aromatic heterocycles. The Morgan fingerprint density at radius 2 is 1.61 bits per heavy atom. The van der Waals surface area contributed by atoms with E-state index in [1.165, 1.54) is 5.06 Å². The van der Waals surface area contributed by atoms with E-state index in [0.29, 0.717) is 5.82 Å². The molecular weight excluding hydrogens is 696 g/mol. The fourth-order valence-electron chi connectivity index (χ4n) is 4.78. The van der Waals surface area contributed by atoms with Gasteiger partial charge < -0.3 is 35.4 Å². The standard InChI is InChI=1S/C32H31F6N5O8/c33-31(34,35)21-10-20(11-22(12-21)32(36,37)38)28(45)42-25(29(46)47)15-41-27(44)18-49-24-13-23(14-40-26-8-4-5-9-39-26)43(16-24)51-30(48)50-17-19-6-2-1-3-7-19/h1-12,23-25H,13-18H2,(H,39,40)(H,41,44)(H,42,45)(H,46,47). The van der Waals surface area contributed by atoms with Crippen molar-refractivity contribution in [1.82, 2.24) is 20.7 Å². The predicted molar refractivity (Wildman–Crippen MR) is 164 cm³/mol. The van der Waals surface area contributed by atoms with Crippen LogP contribution in [0.1, 0.15) is 33.5 Å². The largest absolute Gasteiger partial charge is 0.528 e. The van der Waals surface area contributed by atoms with Gasteiger partial charge in [0, 0.05) is 24.8 Å². The van der Waals surface area contributed by atoms with E-state index >= 15 is 0 Å². The van der Waals surface area contributed by atoms with Gasteiger partial charge >= 0.3 is 24.5 Å². The van der Waals surface area contributed by atoms with E-state index < -0.39 is 84.3 Å². The highest BCUT2D eigenvalue weighted by Gasteiger charge is 2.39. The van der Waals surface area contributed by atoms with E-state index in [0.717, 1.165) is 5.56 Å². The highest BCUT2D eigenvalue weighted by molar-refractivity contribution is 5.97. The van der Waals surface area contributed by atoms with Crippen LogP contribution >= 0.6 is 0 Å². The first-order valence-corrected chi connectivity index (χ1v) is 15.1. The third kappa shape index (κ3) is 11.8. The lowest BCUT2D eigenvalue weighted by atomic mass is 10.0. The zero-order valence-electron chi connectivity index (χ0n) is 26.4. The average molecular weight is 728 g/mol. The van der Waals surface area contributed by atoms with Crippen molar-refractivity contribution in [1.29, 1.82) is 0 Å². The molecule has 51 heavy (non-hydrogen) atoms. The Morgan fingerprint density at radius 3 is 2.22 bits per heavy atom. The molecule has 2 aromatic carbocycles. The summed E-state index contributed by atoms with van der Waals surface area (Å²) in [5.41, 5.74) is -3.90. The molecule has 3 aromatic rings. The summed E-state index contributed by atoms with van der Waals surface area (Å²) in [6.45, 7) is -1.21. The molecule has 0 radical (unpaired) electrons. The molecule has 4 N–H and O–H groups in total. The number of hydrogen-bond acceptors (Lipinski definition) is 10. The Labute approximate surface area is 285 Å². The Morgan fingerprint density at radius 1 is 0.941 bits per heavy atom. The molecule has 19 heteroatoms. The fraction of sp³-hybridized carbons (Fsp3) is 0.344. The van der Waals surface area contributed by atoms with Gasteiger partial charge in [0.1, 0.15) is 25.1 Å². The number of aromatic nitrogens is 1. The number of anilines is 1. The second kappa shape index (κ2) is 17.0. The molecule has 2 amide bonds. The number of halogens is 6. The second-order valence-electron chi connectivity index (χ2n) is 11.1. The zero-order chi connectivity index (χ0) is 37.2. The molecule has 1 aliphatic heterocycles. The Balaban J connectivity index is 1.31. The van der Waals surface area contributed by atoms with Gasteiger partial charge in [-0.3, -0.25) is 9.59 Å². The highest BCUT2D eigenvalue weighted by Crippen LogP contribution is 2.36. The fourth-order valence-corrected chi connectivity index (χ4v) is 4.78. The van der Waals surface area contributed by atoms with E-state index in [-0.39, 0.29) is 44.3 Å². The topological polar surface area (TPSA) is 168 Å². The molecule has 13 nitrogen and oxygen atoms in total. The normalized spacial score (nSPS) is 16.9. The first-order chi connectivity index (χ1) is 24.1. The highest BCUT2D eigenvalue weighted by atomic mass is 19.4. The SMILES string of the molecule is O=C(COC1CC(CNc2ccccn2)N(OC(=O)OCc2ccccc2)C1)NCC(NC(=O)c1cc(C(F)(F)F)cc(C(F)(F)F)c1)C(=O)O. The van der Waals surface area contributed by atoms with Gasteiger partial charge in [-0.15, -0.1) is 5.06 Å². The monoisotopic (exact) mass is 727 g/mol. The maximum absolute atomic E-state index is 13.2. The number of aliphatic carboxylic acids is 1. The Kier molecular flexibility index (Phi) is 12.8. The Hall–Kier alpha value is -5.43. The van der Waals surface area contributed by atoms with Crippen molar-refractivity contribution < 1.29 is 64.9 Å². The van der Waals surface area contributed by atoms with Gasteiger partial charge in [0.05, 0.1) is 29.8 Å². The zero-order valence-corrected chi connectivity index (χ0v) is 26.4. The van der Waals surface area contributed by atoms with Crippen molar-refractivity contribution in [2.24, 2.45) is 0 Å². The maximum atomic E-state index is 13.2. The summed E-state index contributed by atoms with van der Waals surface area (Å²) in [6.07, 6.45) is -10.3. The number of carbonyl (C=O) groups is 4. The minimum Gasteiger partial charge on any atom is -0.480 e. The number of carboxylic acids is 1. The van der Waals surface area contributed by atoms with Crippen molar-refractivity contribution in [3.05, 3.63) is 95.2 Å². The Bertz CT molecular complexity index is 1630. The number of nitrogens with zero attached hydrogens (tertiary/aromatic N) is 2. The summed E-state index contributed by atoms with van der Waals surface area (Å²) >= 11 is 0. The van der Waals surface area contributed by atoms with Crippen LogP contribution in [0.5, 0.6) is 0 Å². The molecule has 0 saturated carbocycles. The molecule has 3 unspecified atom stereocenters. The number of hydroxylamine groups is 2. The van der Waals surface area contributed by atoms with E-state index in [4.69, 9.17) is 14.3 Å². The van der Waals surface area contributed by atoms with E-state index in [2.05, 4.69) is 15.6 Å². The molecule has 0 bridgehead atoms. The maximum Gasteiger partial charge on any atom is 0.528 e. The first kappa shape index (κ1) is 38.4. The first-order valence-electron chi connectivity index (χ1n) is 15.1. The average Bonchev–Trinajstić information content (AvgIpc) is 3.47. The number of rotatable bonds is 14. The van der Waals surface area contributed by atoms with Crippen LogP contribution in [0.2, 0.25) is 0 Å². The van der Waals surface area contributed by atoms with E-state index in [1.807, 2.05) is 5.32 Å². The number of carboxylic acid groups (broad SMARTS) is 1. The van der Waals surface area contributed by atoms with Crippen molar-refractivity contribution in [2.45, 2.75) is 43.6 Å². The summed E-state index contributed by atoms with van der Waals surface area (Å²) in [6, 6.07) is 11.8. The number of amides is 2. The summed E-state index contributed by atoms with van der Waals surface area (Å²) in [4.78, 5) is 58.8. The number of carbonyl (C=O) groups excluding carboxylic acids is 3. The third-order valence-corrected chi connectivity index (χ3v) is 7.31. The molecule has 3 atom stereocenters. The lowest BCUT2D eigenvalue weighted by Gasteiger charge is -2.22. The van der Waals surface area contributed by atoms with Crippen molar-refractivity contribution in [2.75, 3.05) is 31.6 Å². The van der Waals surface area contributed by atoms with Gasteiger partial charge in [-0.05, 0) is 42.3 Å². The van der Waals surface area contributed by atoms with Crippen LogP contribution in [0.4, 0.5) is 37.0 Å². The predicted octanol–water partition coefficient (Wildman–Crippen LogP) is 4.26. The molecular formula is C32H31F6N5O8. The van der Waals surface area contributed by atoms with Gasteiger partial charge in [0.2, 0.25) is 5.91 Å². The summed E-state index contributed by atoms with van der Waals surface area (Å²) in [7, 11) is 0. The van der Waals surface area contributed by atoms with E-state index in [1.54, 1.807) is 54.7 Å². The van der Waals surface area contributed by atoms with E-state index in [9.17, 15) is 50.6 Å². The van der Waals surface area contributed by atoms with Gasteiger partial charge in [-0.2, -0.15) is 26.3 Å². The van der Waals surface area contributed by atoms with Crippen molar-refractivity contribution >= 4 is 29.8 Å². The minimum atomic E-state index is -5.24. The third-order valence-electron chi connectivity index (χ3n) is 7.31. The molecule has 1 fully saturated rings. The molecule has 4 rings (SSSR count). The lowest BCUT2D eigenvalue weighted by Crippen LogP contribution is -2.49. The molecule has 2 heterocycles. The van der Waals surface area contributed by atoms with Gasteiger partial charge in [0.25, 0.3) is 5.91 Å². The second-order valence-corrected chi connectivity index (χ2v) is 11.1. The number of nitrogens with one attached hydrogen (secondary N) is 3. The van der Waals surface area contributed by atoms with Crippen LogP contribution < -0.4 is 16.0 Å². The van der Waals surface area contributed by atoms with Gasteiger partial charge in [0.15, 0.2) is 0 Å². The number of alkyl halides is 6. The van der Waals surface area contributed by atoms with Gasteiger partial charge in [-0.1, -0.05) is 36.4 Å². The summed E-state index contributed by atoms with van der Waals surface area (Å²) in [5, 5.41) is 17.9. The number of ether oxygens (including phenoxy) is 2. The van der Waals surface area contributed by atoms with Crippen LogP contribution in [-0.2, 0) is 42.9 Å². The van der Waals surface area contributed by atoms with Crippen molar-refractivity contribution in [3.63, 3.8) is 0 Å². The molecule has 0 aliphatic carbocycles. The van der Waals surface area contributed by atoms with Crippen LogP contribution in [0.25, 0.3) is 0 Å². The smallest absolute Gasteiger partial charge is 0.480 e. The molecule has 1 aliphatic rings. The molecule has 274 valence electrons. The van der Waals surface area contributed by atoms with Crippen LogP contribution in [0.3, 0.4) is 0 Å². The minimum absolute atomic E-state index is 0.00694. The number of benzene rings is 2.